The van der Waals surface area contributed by atoms with E-state index < -0.39 is 0 Å². The van der Waals surface area contributed by atoms with Gasteiger partial charge in [0.05, 0.1) is 5.01 Å². The highest BCUT2D eigenvalue weighted by Gasteiger charge is 2.26. The molecule has 0 aliphatic carbocycles. The quantitative estimate of drug-likeness (QED) is 0.944. The molecule has 0 radical (unpaired) electrons. The molecule has 2 N–H and O–H groups in total. The zero-order valence-corrected chi connectivity index (χ0v) is 12.3. The number of thiazole rings is 1. The second-order valence-electron chi connectivity index (χ2n) is 5.19. The van der Waals surface area contributed by atoms with Crippen LogP contribution in [0.4, 0.5) is 4.39 Å². The summed E-state index contributed by atoms with van der Waals surface area (Å²) in [6.07, 6.45) is 1.24. The number of halogens is 1. The molecule has 1 aromatic carbocycles. The van der Waals surface area contributed by atoms with Gasteiger partial charge in [-0.25, -0.2) is 9.37 Å². The first kappa shape index (κ1) is 14.2. The van der Waals surface area contributed by atoms with Crippen LogP contribution in [0.25, 0.3) is 0 Å². The smallest absolute Gasteiger partial charge is 0.273 e. The van der Waals surface area contributed by atoms with E-state index in [1.165, 1.54) is 17.4 Å². The van der Waals surface area contributed by atoms with Crippen molar-refractivity contribution in [2.45, 2.75) is 18.9 Å². The summed E-state index contributed by atoms with van der Waals surface area (Å²) in [4.78, 5) is 18.3. The van der Waals surface area contributed by atoms with Gasteiger partial charge < -0.3 is 10.6 Å². The van der Waals surface area contributed by atoms with E-state index in [1.54, 1.807) is 28.5 Å². The Bertz CT molecular complexity index is 658. The molecule has 6 heteroatoms. The van der Waals surface area contributed by atoms with Gasteiger partial charge in [-0.15, -0.1) is 11.3 Å². The van der Waals surface area contributed by atoms with Crippen molar-refractivity contribution in [2.75, 3.05) is 13.1 Å². The first-order valence-electron chi connectivity index (χ1n) is 6.86. The number of benzene rings is 1. The molecule has 0 saturated carbocycles. The molecule has 4 nitrogen and oxygen atoms in total. The Morgan fingerprint density at radius 1 is 1.48 bits per heavy atom. The topological polar surface area (TPSA) is 59.2 Å². The molecule has 1 saturated heterocycles. The SMILES string of the molecule is N[C@@H]1CCN(C(=O)c2csc(Cc3ccccc3F)n2)C1. The molecule has 110 valence electrons. The lowest BCUT2D eigenvalue weighted by atomic mass is 10.1. The van der Waals surface area contributed by atoms with Gasteiger partial charge >= 0.3 is 0 Å². The fourth-order valence-corrected chi connectivity index (χ4v) is 3.22. The minimum absolute atomic E-state index is 0.0606. The number of carbonyl (C=O) groups is 1. The summed E-state index contributed by atoms with van der Waals surface area (Å²) in [6, 6.07) is 6.68. The average molecular weight is 305 g/mol. The van der Waals surface area contributed by atoms with Gasteiger partial charge in [0, 0.05) is 30.9 Å². The third kappa shape index (κ3) is 3.11. The molecule has 1 fully saturated rings. The Hall–Kier alpha value is -1.79. The predicted octanol–water partition coefficient (Wildman–Crippen LogP) is 2.05. The minimum atomic E-state index is -0.244. The number of rotatable bonds is 3. The van der Waals surface area contributed by atoms with Crippen molar-refractivity contribution in [2.24, 2.45) is 5.73 Å². The number of nitrogens with zero attached hydrogens (tertiary/aromatic N) is 2. The van der Waals surface area contributed by atoms with Crippen LogP contribution in [0.15, 0.2) is 29.6 Å². The molecule has 1 atom stereocenters. The fraction of sp³-hybridized carbons (Fsp3) is 0.333. The summed E-state index contributed by atoms with van der Waals surface area (Å²) < 4.78 is 13.6. The van der Waals surface area contributed by atoms with E-state index in [1.807, 2.05) is 0 Å². The van der Waals surface area contributed by atoms with Crippen LogP contribution in [-0.2, 0) is 6.42 Å². The van der Waals surface area contributed by atoms with Crippen LogP contribution < -0.4 is 5.73 Å². The van der Waals surface area contributed by atoms with E-state index in [4.69, 9.17) is 5.73 Å². The van der Waals surface area contributed by atoms with Crippen molar-refractivity contribution in [1.82, 2.24) is 9.88 Å². The van der Waals surface area contributed by atoms with Crippen LogP contribution in [0.2, 0.25) is 0 Å². The largest absolute Gasteiger partial charge is 0.336 e. The Morgan fingerprint density at radius 2 is 2.29 bits per heavy atom. The summed E-state index contributed by atoms with van der Waals surface area (Å²) in [6.45, 7) is 1.26. The number of amides is 1. The van der Waals surface area contributed by atoms with E-state index in [0.29, 0.717) is 30.8 Å². The molecule has 0 spiro atoms. The van der Waals surface area contributed by atoms with Crippen molar-refractivity contribution in [1.29, 1.82) is 0 Å². The molecule has 0 bridgehead atoms. The third-order valence-electron chi connectivity index (χ3n) is 3.58. The Labute approximate surface area is 126 Å². The molecular weight excluding hydrogens is 289 g/mol. The molecule has 1 aliphatic rings. The molecule has 1 aromatic heterocycles. The average Bonchev–Trinajstić information content (AvgIpc) is 3.10. The van der Waals surface area contributed by atoms with Gasteiger partial charge in [0.1, 0.15) is 11.5 Å². The van der Waals surface area contributed by atoms with Gasteiger partial charge in [-0.3, -0.25) is 4.79 Å². The number of carbonyl (C=O) groups excluding carboxylic acids is 1. The zero-order valence-electron chi connectivity index (χ0n) is 11.5. The van der Waals surface area contributed by atoms with Crippen LogP contribution >= 0.6 is 11.3 Å². The predicted molar refractivity (Wildman–Crippen MR) is 79.8 cm³/mol. The highest BCUT2D eigenvalue weighted by atomic mass is 32.1. The van der Waals surface area contributed by atoms with Crippen molar-refractivity contribution in [3.05, 3.63) is 51.7 Å². The second kappa shape index (κ2) is 5.91. The van der Waals surface area contributed by atoms with Gasteiger partial charge in [-0.1, -0.05) is 18.2 Å². The lowest BCUT2D eigenvalue weighted by molar-refractivity contribution is 0.0785. The van der Waals surface area contributed by atoms with Crippen LogP contribution in [-0.4, -0.2) is 34.9 Å². The fourth-order valence-electron chi connectivity index (χ4n) is 2.43. The molecule has 21 heavy (non-hydrogen) atoms. The van der Waals surface area contributed by atoms with Crippen molar-refractivity contribution in [3.63, 3.8) is 0 Å². The van der Waals surface area contributed by atoms with E-state index in [-0.39, 0.29) is 17.8 Å². The molecule has 3 rings (SSSR count). The standard InChI is InChI=1S/C15H16FN3OS/c16-12-4-2-1-3-10(12)7-14-18-13(9-21-14)15(20)19-6-5-11(17)8-19/h1-4,9,11H,5-8,17H2/t11-/m1/s1. The first-order valence-corrected chi connectivity index (χ1v) is 7.74. The highest BCUT2D eigenvalue weighted by molar-refractivity contribution is 7.09. The summed E-state index contributed by atoms with van der Waals surface area (Å²) in [7, 11) is 0. The highest BCUT2D eigenvalue weighted by Crippen LogP contribution is 2.19. The number of nitrogens with two attached hydrogens (primary N) is 1. The van der Waals surface area contributed by atoms with Gasteiger partial charge in [0.15, 0.2) is 0 Å². The molecular formula is C15H16FN3OS. The Morgan fingerprint density at radius 3 is 3.00 bits per heavy atom. The van der Waals surface area contributed by atoms with Gasteiger partial charge in [-0.05, 0) is 18.1 Å². The number of hydrogen-bond donors (Lipinski definition) is 1. The maximum Gasteiger partial charge on any atom is 0.273 e. The maximum atomic E-state index is 13.6. The third-order valence-corrected chi connectivity index (χ3v) is 4.43. The van der Waals surface area contributed by atoms with Crippen LogP contribution in [0.5, 0.6) is 0 Å². The second-order valence-corrected chi connectivity index (χ2v) is 6.14. The van der Waals surface area contributed by atoms with Crippen molar-refractivity contribution < 1.29 is 9.18 Å². The zero-order chi connectivity index (χ0) is 14.8. The monoisotopic (exact) mass is 305 g/mol. The number of likely N-dealkylation sites (tertiary alicyclic amines) is 1. The normalized spacial score (nSPS) is 18.2. The lowest BCUT2D eigenvalue weighted by Gasteiger charge is -2.13. The first-order chi connectivity index (χ1) is 10.1. The maximum absolute atomic E-state index is 13.6. The number of hydrogen-bond acceptors (Lipinski definition) is 4. The van der Waals surface area contributed by atoms with E-state index in [0.717, 1.165) is 11.4 Å². The van der Waals surface area contributed by atoms with Crippen molar-refractivity contribution >= 4 is 17.2 Å². The van der Waals surface area contributed by atoms with Gasteiger partial charge in [-0.2, -0.15) is 0 Å². The summed E-state index contributed by atoms with van der Waals surface area (Å²) >= 11 is 1.38. The minimum Gasteiger partial charge on any atom is -0.336 e. The van der Waals surface area contributed by atoms with Gasteiger partial charge in [0.25, 0.3) is 5.91 Å². The Balaban J connectivity index is 1.72. The molecule has 0 unspecified atom stereocenters. The van der Waals surface area contributed by atoms with Crippen LogP contribution in [0.1, 0.15) is 27.5 Å². The van der Waals surface area contributed by atoms with E-state index in [9.17, 15) is 9.18 Å². The Kier molecular flexibility index (Phi) is 3.98. The van der Waals surface area contributed by atoms with Crippen LogP contribution in [0, 0.1) is 5.82 Å². The molecule has 2 aromatic rings. The van der Waals surface area contributed by atoms with Crippen LogP contribution in [0.3, 0.4) is 0 Å². The van der Waals surface area contributed by atoms with E-state index >= 15 is 0 Å². The van der Waals surface area contributed by atoms with Crippen molar-refractivity contribution in [3.8, 4) is 0 Å². The summed E-state index contributed by atoms with van der Waals surface area (Å²) in [5, 5.41) is 2.48. The molecule has 2 heterocycles. The summed E-state index contributed by atoms with van der Waals surface area (Å²) in [5.74, 6) is -0.329. The molecule has 1 amide bonds. The molecule has 1 aliphatic heterocycles. The summed E-state index contributed by atoms with van der Waals surface area (Å²) in [5.41, 5.74) is 6.83. The van der Waals surface area contributed by atoms with E-state index in [2.05, 4.69) is 4.98 Å². The lowest BCUT2D eigenvalue weighted by Crippen LogP contribution is -2.32. The number of aromatic nitrogens is 1. The van der Waals surface area contributed by atoms with Gasteiger partial charge in [0.2, 0.25) is 0 Å².